The molecule has 9 aromatic carbocycles. The molecular formula is C63H42N6Si. The lowest BCUT2D eigenvalue weighted by molar-refractivity contribution is 0.951. The summed E-state index contributed by atoms with van der Waals surface area (Å²) in [5.74, 6) is 2.18. The van der Waals surface area contributed by atoms with Crippen molar-refractivity contribution in [1.29, 1.82) is 0 Å². The molecule has 0 radical (unpaired) electrons. The molecule has 14 rings (SSSR count). The van der Waals surface area contributed by atoms with Crippen molar-refractivity contribution < 1.29 is 0 Å². The first-order valence-corrected chi connectivity index (χ1v) is 25.8. The van der Waals surface area contributed by atoms with Crippen LogP contribution in [0.3, 0.4) is 0 Å². The maximum Gasteiger partial charge on any atom is 0.237 e. The fourth-order valence-corrected chi connectivity index (χ4v) is 15.9. The zero-order valence-corrected chi connectivity index (χ0v) is 38.9. The normalized spacial score (nSPS) is 12.0. The van der Waals surface area contributed by atoms with Gasteiger partial charge >= 0.3 is 0 Å². The van der Waals surface area contributed by atoms with E-state index in [0.29, 0.717) is 5.95 Å². The summed E-state index contributed by atoms with van der Waals surface area (Å²) in [5, 5.41) is 11.7. The summed E-state index contributed by atoms with van der Waals surface area (Å²) in [4.78, 5) is 17.3. The summed E-state index contributed by atoms with van der Waals surface area (Å²) < 4.78 is 6.89. The van der Waals surface area contributed by atoms with E-state index in [1.807, 2.05) is 0 Å². The molecule has 7 heteroatoms. The minimum atomic E-state index is -3.20. The standard InChI is InChI=1S/C63H42N6Si/c1-4-22-44(23-5-1)70(45-24-6-2-7-25-45,46-26-8-3-9-27-46)62-41-43(40-60(65-62)67-54-34-16-10-28-47(54)48-29-11-17-35-55(48)67)53-42-61(68-56-36-18-12-30-49(56)50-31-13-19-37-57(50)68)66-63(64-53)69-58-38-20-14-32-51(58)52-33-15-21-39-59(52)69/h1-42H. The van der Waals surface area contributed by atoms with E-state index in [-0.39, 0.29) is 0 Å². The highest BCUT2D eigenvalue weighted by Gasteiger charge is 2.43. The molecule has 70 heavy (non-hydrogen) atoms. The van der Waals surface area contributed by atoms with E-state index in [9.17, 15) is 0 Å². The Bertz CT molecular complexity index is 3920. The van der Waals surface area contributed by atoms with Gasteiger partial charge in [-0.1, -0.05) is 200 Å². The van der Waals surface area contributed by atoms with Gasteiger partial charge in [-0.05, 0) is 64.1 Å². The van der Waals surface area contributed by atoms with E-state index in [1.165, 1.54) is 37.1 Å². The fourth-order valence-electron chi connectivity index (χ4n) is 11.2. The Morgan fingerprint density at radius 2 is 0.586 bits per heavy atom. The molecule has 0 unspecified atom stereocenters. The quantitative estimate of drug-likeness (QED) is 0.113. The van der Waals surface area contributed by atoms with Crippen molar-refractivity contribution in [2.24, 2.45) is 0 Å². The van der Waals surface area contributed by atoms with Crippen LogP contribution < -0.4 is 20.9 Å². The predicted octanol–water partition coefficient (Wildman–Crippen LogP) is 12.2. The van der Waals surface area contributed by atoms with E-state index < -0.39 is 8.07 Å². The zero-order valence-electron chi connectivity index (χ0n) is 37.9. The SMILES string of the molecule is c1ccc([Si](c2ccccc2)(c2ccccc2)c2cc(-c3cc(-n4c5ccccc5c5ccccc54)nc(-n4c5ccccc5c5ccccc54)n3)cc(-n3c4ccccc4c4ccccc43)n2)cc1. The van der Waals surface area contributed by atoms with Crippen LogP contribution in [0.15, 0.2) is 255 Å². The van der Waals surface area contributed by atoms with Crippen molar-refractivity contribution in [2.75, 3.05) is 0 Å². The third kappa shape index (κ3) is 6.02. The van der Waals surface area contributed by atoms with Crippen LogP contribution in [0, 0.1) is 0 Å². The average molecular weight is 911 g/mol. The van der Waals surface area contributed by atoms with Gasteiger partial charge in [-0.3, -0.25) is 13.7 Å². The van der Waals surface area contributed by atoms with E-state index in [2.05, 4.69) is 268 Å². The minimum absolute atomic E-state index is 0.584. The Morgan fingerprint density at radius 3 is 0.957 bits per heavy atom. The van der Waals surface area contributed by atoms with E-state index in [4.69, 9.17) is 15.0 Å². The van der Waals surface area contributed by atoms with Gasteiger partial charge in [0.15, 0.2) is 0 Å². The van der Waals surface area contributed by atoms with Crippen LogP contribution in [0.5, 0.6) is 0 Å². The number of pyridine rings is 1. The van der Waals surface area contributed by atoms with Crippen molar-refractivity contribution in [3.8, 4) is 28.8 Å². The first kappa shape index (κ1) is 39.9. The largest absolute Gasteiger partial charge is 0.294 e. The summed E-state index contributed by atoms with van der Waals surface area (Å²) in [6.45, 7) is 0. The van der Waals surface area contributed by atoms with Crippen LogP contribution in [0.2, 0.25) is 0 Å². The third-order valence-electron chi connectivity index (χ3n) is 14.2. The highest BCUT2D eigenvalue weighted by molar-refractivity contribution is 7.19. The van der Waals surface area contributed by atoms with Gasteiger partial charge in [0.25, 0.3) is 0 Å². The van der Waals surface area contributed by atoms with Crippen molar-refractivity contribution >= 4 is 94.4 Å². The Morgan fingerprint density at radius 1 is 0.271 bits per heavy atom. The van der Waals surface area contributed by atoms with Gasteiger partial charge in [-0.25, -0.2) is 9.97 Å². The monoisotopic (exact) mass is 910 g/mol. The van der Waals surface area contributed by atoms with Crippen LogP contribution >= 0.6 is 0 Å². The smallest absolute Gasteiger partial charge is 0.237 e. The number of rotatable bonds is 8. The molecule has 5 heterocycles. The minimum Gasteiger partial charge on any atom is -0.294 e. The number of benzene rings is 9. The lowest BCUT2D eigenvalue weighted by Gasteiger charge is -2.34. The lowest BCUT2D eigenvalue weighted by atomic mass is 10.1. The lowest BCUT2D eigenvalue weighted by Crippen LogP contribution is -2.75. The van der Waals surface area contributed by atoms with E-state index in [0.717, 1.165) is 72.1 Å². The fraction of sp³-hybridized carbons (Fsp3) is 0. The zero-order chi connectivity index (χ0) is 46.2. The number of aromatic nitrogens is 6. The molecule has 0 atom stereocenters. The molecule has 0 amide bonds. The van der Waals surface area contributed by atoms with Crippen molar-refractivity contribution in [2.45, 2.75) is 0 Å². The molecule has 0 aliphatic heterocycles. The Balaban J connectivity index is 1.15. The van der Waals surface area contributed by atoms with Gasteiger partial charge in [-0.15, -0.1) is 0 Å². The molecule has 0 bridgehead atoms. The Kier molecular flexibility index (Phi) is 9.12. The van der Waals surface area contributed by atoms with Crippen LogP contribution in [-0.4, -0.2) is 36.7 Å². The summed E-state index contributed by atoms with van der Waals surface area (Å²) in [6, 6.07) is 91.7. The number of fused-ring (bicyclic) bond motifs is 9. The predicted molar refractivity (Wildman–Crippen MR) is 292 cm³/mol. The second-order valence-corrected chi connectivity index (χ2v) is 21.7. The van der Waals surface area contributed by atoms with Crippen LogP contribution in [-0.2, 0) is 0 Å². The second-order valence-electron chi connectivity index (χ2n) is 18.0. The maximum atomic E-state index is 5.98. The molecule has 0 spiro atoms. The van der Waals surface area contributed by atoms with E-state index >= 15 is 0 Å². The van der Waals surface area contributed by atoms with Crippen LogP contribution in [0.1, 0.15) is 0 Å². The average Bonchev–Trinajstić information content (AvgIpc) is 4.08. The molecule has 0 saturated heterocycles. The van der Waals surface area contributed by atoms with E-state index in [1.54, 1.807) is 0 Å². The maximum absolute atomic E-state index is 5.98. The Labute approximate surface area is 404 Å². The van der Waals surface area contributed by atoms with Gasteiger partial charge in [0.05, 0.1) is 38.8 Å². The summed E-state index contributed by atoms with van der Waals surface area (Å²) >= 11 is 0. The molecular weight excluding hydrogens is 869 g/mol. The molecule has 0 fully saturated rings. The topological polar surface area (TPSA) is 53.5 Å². The highest BCUT2D eigenvalue weighted by atomic mass is 28.3. The number of nitrogens with zero attached hydrogens (tertiary/aromatic N) is 6. The molecule has 5 aromatic heterocycles. The molecule has 14 aromatic rings. The van der Waals surface area contributed by atoms with Gasteiger partial charge in [0.2, 0.25) is 14.0 Å². The molecule has 0 saturated carbocycles. The van der Waals surface area contributed by atoms with Gasteiger partial charge in [-0.2, -0.15) is 4.98 Å². The van der Waals surface area contributed by atoms with Crippen molar-refractivity contribution in [3.63, 3.8) is 0 Å². The first-order valence-electron chi connectivity index (χ1n) is 23.8. The molecule has 0 aliphatic carbocycles. The first-order chi connectivity index (χ1) is 34.7. The summed E-state index contributed by atoms with van der Waals surface area (Å²) in [5.41, 5.74) is 8.13. The molecule has 0 aliphatic rings. The van der Waals surface area contributed by atoms with Gasteiger partial charge in [0, 0.05) is 49.3 Å². The van der Waals surface area contributed by atoms with Crippen LogP contribution in [0.25, 0.3) is 94.3 Å². The van der Waals surface area contributed by atoms with Gasteiger partial charge < -0.3 is 0 Å². The third-order valence-corrected chi connectivity index (χ3v) is 18.8. The van der Waals surface area contributed by atoms with Crippen LogP contribution in [0.4, 0.5) is 0 Å². The summed E-state index contributed by atoms with van der Waals surface area (Å²) in [7, 11) is -3.20. The second kappa shape index (κ2) is 16.0. The Hall–Kier alpha value is -9.17. The highest BCUT2D eigenvalue weighted by Crippen LogP contribution is 2.37. The van der Waals surface area contributed by atoms with Gasteiger partial charge in [0.1, 0.15) is 11.6 Å². The van der Waals surface area contributed by atoms with Crippen molar-refractivity contribution in [3.05, 3.63) is 255 Å². The molecule has 328 valence electrons. The molecule has 6 nitrogen and oxygen atoms in total. The number of hydrogen-bond donors (Lipinski definition) is 0. The molecule has 0 N–H and O–H groups in total. The van der Waals surface area contributed by atoms with Crippen molar-refractivity contribution in [1.82, 2.24) is 28.7 Å². The number of hydrogen-bond acceptors (Lipinski definition) is 3. The summed E-state index contributed by atoms with van der Waals surface area (Å²) in [6.07, 6.45) is 0. The number of para-hydroxylation sites is 6.